The smallest absolute Gasteiger partial charge is 0.343 e. The minimum absolute atomic E-state index is 0.120. The van der Waals surface area contributed by atoms with Gasteiger partial charge < -0.3 is 9.47 Å². The predicted molar refractivity (Wildman–Crippen MR) is 92.1 cm³/mol. The lowest BCUT2D eigenvalue weighted by atomic mass is 10.2. The molecule has 1 saturated heterocycles. The first kappa shape index (κ1) is 18.1. The van der Waals surface area contributed by atoms with E-state index in [0.717, 1.165) is 0 Å². The average molecular weight is 372 g/mol. The van der Waals surface area contributed by atoms with E-state index in [1.807, 2.05) is 6.07 Å². The molecular formula is C18H16N2O5S. The minimum Gasteiger partial charge on any atom is -0.423 e. The Hall–Kier alpha value is -2.73. The lowest BCUT2D eigenvalue weighted by molar-refractivity contribution is 0.0730. The van der Waals surface area contributed by atoms with Crippen molar-refractivity contribution in [2.45, 2.75) is 4.90 Å². The number of sulfonamides is 1. The van der Waals surface area contributed by atoms with Crippen LogP contribution in [0.15, 0.2) is 53.4 Å². The number of benzene rings is 2. The highest BCUT2D eigenvalue weighted by Crippen LogP contribution is 2.19. The maximum absolute atomic E-state index is 12.5. The predicted octanol–water partition coefficient (Wildman–Crippen LogP) is 1.80. The topological polar surface area (TPSA) is 96.7 Å². The minimum atomic E-state index is -3.60. The highest BCUT2D eigenvalue weighted by Gasteiger charge is 2.26. The third kappa shape index (κ3) is 3.91. The van der Waals surface area contributed by atoms with Gasteiger partial charge in [-0.2, -0.15) is 9.57 Å². The van der Waals surface area contributed by atoms with Gasteiger partial charge in [0.2, 0.25) is 10.0 Å². The van der Waals surface area contributed by atoms with Crippen molar-refractivity contribution in [2.24, 2.45) is 0 Å². The first-order valence-corrected chi connectivity index (χ1v) is 9.35. The van der Waals surface area contributed by atoms with Crippen molar-refractivity contribution in [1.29, 1.82) is 5.26 Å². The number of nitriles is 1. The van der Waals surface area contributed by atoms with E-state index in [1.165, 1.54) is 40.7 Å². The normalized spacial score (nSPS) is 15.2. The molecule has 7 nitrogen and oxygen atoms in total. The fourth-order valence-electron chi connectivity index (χ4n) is 2.46. The Morgan fingerprint density at radius 1 is 1.04 bits per heavy atom. The molecule has 0 saturated carbocycles. The van der Waals surface area contributed by atoms with Gasteiger partial charge in [0, 0.05) is 13.1 Å². The fraction of sp³-hybridized carbons (Fsp3) is 0.222. The molecule has 2 aromatic rings. The molecule has 0 aromatic heterocycles. The van der Waals surface area contributed by atoms with Gasteiger partial charge in [-0.3, -0.25) is 0 Å². The number of ether oxygens (including phenoxy) is 2. The summed E-state index contributed by atoms with van der Waals surface area (Å²) >= 11 is 0. The van der Waals surface area contributed by atoms with Crippen LogP contribution >= 0.6 is 0 Å². The summed E-state index contributed by atoms with van der Waals surface area (Å²) in [5.74, 6) is -0.302. The zero-order chi connectivity index (χ0) is 18.6. The van der Waals surface area contributed by atoms with E-state index in [0.29, 0.717) is 37.6 Å². The number of nitrogens with zero attached hydrogens (tertiary/aromatic N) is 2. The summed E-state index contributed by atoms with van der Waals surface area (Å²) < 4.78 is 36.8. The van der Waals surface area contributed by atoms with E-state index in [2.05, 4.69) is 0 Å². The van der Waals surface area contributed by atoms with Crippen LogP contribution in [0.25, 0.3) is 0 Å². The lowest BCUT2D eigenvalue weighted by Gasteiger charge is -2.26. The second kappa shape index (κ2) is 7.66. The first-order valence-electron chi connectivity index (χ1n) is 7.91. The van der Waals surface area contributed by atoms with Crippen LogP contribution in [0.2, 0.25) is 0 Å². The number of carbonyl (C=O) groups excluding carboxylic acids is 1. The summed E-state index contributed by atoms with van der Waals surface area (Å²) in [6.07, 6.45) is 0. The van der Waals surface area contributed by atoms with Gasteiger partial charge in [-0.05, 0) is 48.5 Å². The third-order valence-electron chi connectivity index (χ3n) is 3.89. The third-order valence-corrected chi connectivity index (χ3v) is 5.80. The number of morpholine rings is 1. The molecule has 0 spiro atoms. The molecular weight excluding hydrogens is 356 g/mol. The van der Waals surface area contributed by atoms with E-state index in [1.54, 1.807) is 12.1 Å². The lowest BCUT2D eigenvalue weighted by Crippen LogP contribution is -2.40. The summed E-state index contributed by atoms with van der Waals surface area (Å²) in [7, 11) is -3.60. The Balaban J connectivity index is 1.72. The molecule has 1 heterocycles. The van der Waals surface area contributed by atoms with E-state index in [4.69, 9.17) is 14.7 Å². The largest absolute Gasteiger partial charge is 0.423 e. The molecule has 8 heteroatoms. The molecule has 1 fully saturated rings. The second-order valence-corrected chi connectivity index (χ2v) is 7.50. The number of hydrogen-bond acceptors (Lipinski definition) is 6. The van der Waals surface area contributed by atoms with Gasteiger partial charge >= 0.3 is 5.97 Å². The first-order chi connectivity index (χ1) is 12.5. The maximum atomic E-state index is 12.5. The van der Waals surface area contributed by atoms with Gasteiger partial charge in [0.05, 0.1) is 35.3 Å². The van der Waals surface area contributed by atoms with Crippen LogP contribution in [0.4, 0.5) is 0 Å². The van der Waals surface area contributed by atoms with Gasteiger partial charge in [-0.25, -0.2) is 13.2 Å². The molecule has 0 N–H and O–H groups in total. The van der Waals surface area contributed by atoms with E-state index in [9.17, 15) is 13.2 Å². The standard InChI is InChI=1S/C18H16N2O5S/c19-13-14-1-5-16(6-2-14)25-18(21)15-3-7-17(8-4-15)26(22,23)20-9-11-24-12-10-20/h1-8H,9-12H2. The Bertz CT molecular complexity index is 925. The number of esters is 1. The summed E-state index contributed by atoms with van der Waals surface area (Å²) in [5, 5.41) is 8.76. The van der Waals surface area contributed by atoms with E-state index in [-0.39, 0.29) is 10.5 Å². The maximum Gasteiger partial charge on any atom is 0.343 e. The summed E-state index contributed by atoms with van der Waals surface area (Å²) in [4.78, 5) is 12.3. The molecule has 1 aliphatic heterocycles. The Morgan fingerprint density at radius 2 is 1.65 bits per heavy atom. The van der Waals surface area contributed by atoms with Gasteiger partial charge in [0.25, 0.3) is 0 Å². The Morgan fingerprint density at radius 3 is 2.23 bits per heavy atom. The van der Waals surface area contributed by atoms with Gasteiger partial charge in [-0.1, -0.05) is 0 Å². The van der Waals surface area contributed by atoms with Crippen molar-refractivity contribution in [3.8, 4) is 11.8 Å². The van der Waals surface area contributed by atoms with Crippen molar-refractivity contribution in [1.82, 2.24) is 4.31 Å². The number of rotatable bonds is 4. The quantitative estimate of drug-likeness (QED) is 0.600. The molecule has 0 radical (unpaired) electrons. The van der Waals surface area contributed by atoms with Crippen LogP contribution in [0, 0.1) is 11.3 Å². The Labute approximate surface area is 151 Å². The van der Waals surface area contributed by atoms with Crippen LogP contribution in [-0.2, 0) is 14.8 Å². The zero-order valence-electron chi connectivity index (χ0n) is 13.8. The van der Waals surface area contributed by atoms with Gasteiger partial charge in [-0.15, -0.1) is 0 Å². The highest BCUT2D eigenvalue weighted by atomic mass is 32.2. The van der Waals surface area contributed by atoms with Crippen LogP contribution < -0.4 is 4.74 Å². The van der Waals surface area contributed by atoms with Crippen molar-refractivity contribution >= 4 is 16.0 Å². The van der Waals surface area contributed by atoms with Crippen molar-refractivity contribution < 1.29 is 22.7 Å². The van der Waals surface area contributed by atoms with Crippen LogP contribution in [0.1, 0.15) is 15.9 Å². The summed E-state index contributed by atoms with van der Waals surface area (Å²) in [6.45, 7) is 1.36. The van der Waals surface area contributed by atoms with Crippen LogP contribution in [0.5, 0.6) is 5.75 Å². The molecule has 0 unspecified atom stereocenters. The van der Waals surface area contributed by atoms with Crippen LogP contribution in [0.3, 0.4) is 0 Å². The fourth-order valence-corrected chi connectivity index (χ4v) is 3.87. The van der Waals surface area contributed by atoms with Crippen molar-refractivity contribution in [3.63, 3.8) is 0 Å². The van der Waals surface area contributed by atoms with Crippen molar-refractivity contribution in [3.05, 3.63) is 59.7 Å². The molecule has 3 rings (SSSR count). The van der Waals surface area contributed by atoms with E-state index >= 15 is 0 Å². The molecule has 0 aliphatic carbocycles. The zero-order valence-corrected chi connectivity index (χ0v) is 14.6. The van der Waals surface area contributed by atoms with Crippen molar-refractivity contribution in [2.75, 3.05) is 26.3 Å². The average Bonchev–Trinajstić information content (AvgIpc) is 2.69. The van der Waals surface area contributed by atoms with Gasteiger partial charge in [0.1, 0.15) is 5.75 Å². The molecule has 26 heavy (non-hydrogen) atoms. The van der Waals surface area contributed by atoms with Gasteiger partial charge in [0.15, 0.2) is 0 Å². The monoisotopic (exact) mass is 372 g/mol. The second-order valence-electron chi connectivity index (χ2n) is 5.57. The SMILES string of the molecule is N#Cc1ccc(OC(=O)c2ccc(S(=O)(=O)N3CCOCC3)cc2)cc1. The molecule has 0 amide bonds. The summed E-state index contributed by atoms with van der Waals surface area (Å²) in [5.41, 5.74) is 0.692. The molecule has 134 valence electrons. The van der Waals surface area contributed by atoms with E-state index < -0.39 is 16.0 Å². The molecule has 2 aromatic carbocycles. The number of hydrogen-bond donors (Lipinski definition) is 0. The molecule has 1 aliphatic rings. The summed E-state index contributed by atoms with van der Waals surface area (Å²) in [6, 6.07) is 13.7. The molecule has 0 atom stereocenters. The number of carbonyl (C=O) groups is 1. The highest BCUT2D eigenvalue weighted by molar-refractivity contribution is 7.89. The Kier molecular flexibility index (Phi) is 5.32. The van der Waals surface area contributed by atoms with Crippen LogP contribution in [-0.4, -0.2) is 45.0 Å². The molecule has 0 bridgehead atoms.